The summed E-state index contributed by atoms with van der Waals surface area (Å²) < 4.78 is 0. The summed E-state index contributed by atoms with van der Waals surface area (Å²) in [6, 6.07) is 3.64. The number of thiophene rings is 1. The van der Waals surface area contributed by atoms with Crippen LogP contribution in [0.3, 0.4) is 0 Å². The largest absolute Gasteiger partial charge is 0.347 e. The van der Waals surface area contributed by atoms with Crippen LogP contribution in [0.25, 0.3) is 0 Å². The predicted molar refractivity (Wildman–Crippen MR) is 75.6 cm³/mol. The monoisotopic (exact) mass is 276 g/mol. The van der Waals surface area contributed by atoms with Gasteiger partial charge in [-0.25, -0.2) is 0 Å². The van der Waals surface area contributed by atoms with Crippen molar-refractivity contribution in [1.29, 1.82) is 0 Å². The van der Waals surface area contributed by atoms with Crippen molar-refractivity contribution in [3.8, 4) is 0 Å². The van der Waals surface area contributed by atoms with Crippen LogP contribution in [-0.2, 0) is 4.79 Å². The Morgan fingerprint density at radius 3 is 2.65 bits per heavy atom. The molecule has 0 spiro atoms. The van der Waals surface area contributed by atoms with Gasteiger partial charge in [-0.15, -0.1) is 23.7 Å². The molecule has 1 heterocycles. The van der Waals surface area contributed by atoms with E-state index in [0.29, 0.717) is 0 Å². The van der Waals surface area contributed by atoms with Crippen molar-refractivity contribution in [2.24, 2.45) is 11.7 Å². The molecular weight excluding hydrogens is 256 g/mol. The molecule has 0 saturated carbocycles. The number of amides is 1. The zero-order valence-corrected chi connectivity index (χ0v) is 12.1. The molecule has 5 heteroatoms. The Morgan fingerprint density at radius 2 is 2.18 bits per heavy atom. The maximum atomic E-state index is 11.8. The fourth-order valence-corrected chi connectivity index (χ4v) is 2.17. The van der Waals surface area contributed by atoms with Crippen molar-refractivity contribution in [3.05, 3.63) is 22.4 Å². The molecule has 1 aromatic rings. The van der Waals surface area contributed by atoms with Crippen molar-refractivity contribution < 1.29 is 4.79 Å². The van der Waals surface area contributed by atoms with Gasteiger partial charge in [-0.1, -0.05) is 26.3 Å². The molecule has 0 saturated heterocycles. The van der Waals surface area contributed by atoms with Crippen LogP contribution >= 0.6 is 23.7 Å². The van der Waals surface area contributed by atoms with E-state index >= 15 is 0 Å². The van der Waals surface area contributed by atoms with E-state index in [-0.39, 0.29) is 30.3 Å². The van der Waals surface area contributed by atoms with Gasteiger partial charge in [-0.3, -0.25) is 4.79 Å². The molecule has 1 rings (SSSR count). The standard InChI is InChI=1S/C12H20N2OS.ClH/c1-4-8(2)11(13)12(15)14-9(3)10-6-5-7-16-10;/h5-9,11H,4,13H2,1-3H3,(H,14,15);1H. The lowest BCUT2D eigenvalue weighted by atomic mass is 9.99. The molecule has 3 nitrogen and oxygen atoms in total. The van der Waals surface area contributed by atoms with Crippen molar-refractivity contribution in [3.63, 3.8) is 0 Å². The van der Waals surface area contributed by atoms with E-state index in [1.807, 2.05) is 38.3 Å². The lowest BCUT2D eigenvalue weighted by Crippen LogP contribution is -2.45. The van der Waals surface area contributed by atoms with Gasteiger partial charge in [-0.05, 0) is 24.3 Å². The van der Waals surface area contributed by atoms with E-state index in [2.05, 4.69) is 5.32 Å². The number of carbonyl (C=O) groups excluding carboxylic acids is 1. The third-order valence-corrected chi connectivity index (χ3v) is 3.94. The molecule has 0 fully saturated rings. The van der Waals surface area contributed by atoms with Crippen LogP contribution in [0.4, 0.5) is 0 Å². The van der Waals surface area contributed by atoms with Crippen LogP contribution in [0.15, 0.2) is 17.5 Å². The SMILES string of the molecule is CCC(C)C(N)C(=O)NC(C)c1cccs1.Cl. The van der Waals surface area contributed by atoms with E-state index in [1.165, 1.54) is 0 Å². The van der Waals surface area contributed by atoms with E-state index in [0.717, 1.165) is 11.3 Å². The molecule has 3 unspecified atom stereocenters. The molecule has 0 aliphatic heterocycles. The molecule has 17 heavy (non-hydrogen) atoms. The fraction of sp³-hybridized carbons (Fsp3) is 0.583. The fourth-order valence-electron chi connectivity index (χ4n) is 1.43. The molecule has 0 aliphatic rings. The second-order valence-corrected chi connectivity index (χ2v) is 5.14. The van der Waals surface area contributed by atoms with Crippen LogP contribution in [0, 0.1) is 5.92 Å². The summed E-state index contributed by atoms with van der Waals surface area (Å²) in [5, 5.41) is 4.95. The maximum absolute atomic E-state index is 11.8. The summed E-state index contributed by atoms with van der Waals surface area (Å²) in [4.78, 5) is 13.0. The first-order valence-corrected chi connectivity index (χ1v) is 6.53. The van der Waals surface area contributed by atoms with E-state index < -0.39 is 6.04 Å². The lowest BCUT2D eigenvalue weighted by molar-refractivity contribution is -0.124. The molecule has 1 aromatic heterocycles. The van der Waals surface area contributed by atoms with Gasteiger partial charge in [-0.2, -0.15) is 0 Å². The smallest absolute Gasteiger partial charge is 0.237 e. The van der Waals surface area contributed by atoms with Crippen LogP contribution in [0.2, 0.25) is 0 Å². The van der Waals surface area contributed by atoms with Gasteiger partial charge in [0, 0.05) is 4.88 Å². The van der Waals surface area contributed by atoms with E-state index in [1.54, 1.807) is 11.3 Å². The van der Waals surface area contributed by atoms with Gasteiger partial charge >= 0.3 is 0 Å². The van der Waals surface area contributed by atoms with Crippen LogP contribution in [0.1, 0.15) is 38.1 Å². The van der Waals surface area contributed by atoms with Gasteiger partial charge in [0.2, 0.25) is 5.91 Å². The molecule has 0 radical (unpaired) electrons. The van der Waals surface area contributed by atoms with Crippen molar-refractivity contribution in [2.75, 3.05) is 0 Å². The first-order chi connectivity index (χ1) is 7.56. The molecular formula is C12H21ClN2OS. The number of hydrogen-bond acceptors (Lipinski definition) is 3. The summed E-state index contributed by atoms with van der Waals surface area (Å²) in [6.45, 7) is 6.02. The van der Waals surface area contributed by atoms with Gasteiger partial charge in [0.15, 0.2) is 0 Å². The van der Waals surface area contributed by atoms with E-state index in [4.69, 9.17) is 5.73 Å². The Bertz CT molecular complexity index is 329. The highest BCUT2D eigenvalue weighted by molar-refractivity contribution is 7.10. The highest BCUT2D eigenvalue weighted by Gasteiger charge is 2.21. The second kappa shape index (κ2) is 7.69. The molecule has 0 bridgehead atoms. The van der Waals surface area contributed by atoms with Crippen LogP contribution in [0.5, 0.6) is 0 Å². The summed E-state index contributed by atoms with van der Waals surface area (Å²) in [6.07, 6.45) is 0.919. The zero-order valence-electron chi connectivity index (χ0n) is 10.5. The van der Waals surface area contributed by atoms with Gasteiger partial charge in [0.05, 0.1) is 12.1 Å². The minimum absolute atomic E-state index is 0. The quantitative estimate of drug-likeness (QED) is 0.869. The number of hydrogen-bond donors (Lipinski definition) is 2. The molecule has 0 aliphatic carbocycles. The Labute approximate surface area is 113 Å². The minimum Gasteiger partial charge on any atom is -0.347 e. The average Bonchev–Trinajstić information content (AvgIpc) is 2.80. The topological polar surface area (TPSA) is 55.1 Å². The molecule has 98 valence electrons. The van der Waals surface area contributed by atoms with Gasteiger partial charge in [0.25, 0.3) is 0 Å². The second-order valence-electron chi connectivity index (χ2n) is 4.16. The number of halogens is 1. The minimum atomic E-state index is -0.410. The Kier molecular flexibility index (Phi) is 7.43. The van der Waals surface area contributed by atoms with Crippen LogP contribution in [-0.4, -0.2) is 11.9 Å². The van der Waals surface area contributed by atoms with E-state index in [9.17, 15) is 4.79 Å². The highest BCUT2D eigenvalue weighted by Crippen LogP contribution is 2.18. The first-order valence-electron chi connectivity index (χ1n) is 5.65. The van der Waals surface area contributed by atoms with Gasteiger partial charge in [0.1, 0.15) is 0 Å². The summed E-state index contributed by atoms with van der Waals surface area (Å²) in [5.74, 6) is 0.158. The number of nitrogens with one attached hydrogen (secondary N) is 1. The number of rotatable bonds is 5. The Morgan fingerprint density at radius 1 is 1.53 bits per heavy atom. The zero-order chi connectivity index (χ0) is 12.1. The van der Waals surface area contributed by atoms with Crippen molar-refractivity contribution >= 4 is 29.7 Å². The first kappa shape index (κ1) is 16.4. The summed E-state index contributed by atoms with van der Waals surface area (Å²) in [5.41, 5.74) is 5.86. The number of carbonyl (C=O) groups is 1. The third kappa shape index (κ3) is 4.66. The molecule has 3 atom stereocenters. The summed E-state index contributed by atoms with van der Waals surface area (Å²) >= 11 is 1.64. The van der Waals surface area contributed by atoms with Crippen LogP contribution < -0.4 is 11.1 Å². The van der Waals surface area contributed by atoms with Crippen molar-refractivity contribution in [2.45, 2.75) is 39.3 Å². The Hall–Kier alpha value is -0.580. The molecule has 0 aromatic carbocycles. The summed E-state index contributed by atoms with van der Waals surface area (Å²) in [7, 11) is 0. The third-order valence-electron chi connectivity index (χ3n) is 2.89. The molecule has 3 N–H and O–H groups in total. The van der Waals surface area contributed by atoms with Gasteiger partial charge < -0.3 is 11.1 Å². The molecule has 1 amide bonds. The number of nitrogens with two attached hydrogens (primary N) is 1. The lowest BCUT2D eigenvalue weighted by Gasteiger charge is -2.20. The normalized spacial score (nSPS) is 15.5. The maximum Gasteiger partial charge on any atom is 0.237 e. The Balaban J connectivity index is 0.00000256. The van der Waals surface area contributed by atoms with Crippen molar-refractivity contribution in [1.82, 2.24) is 5.32 Å². The highest BCUT2D eigenvalue weighted by atomic mass is 35.5. The predicted octanol–water partition coefficient (Wildman–Crippen LogP) is 2.72. The average molecular weight is 277 g/mol.